The summed E-state index contributed by atoms with van der Waals surface area (Å²) in [5, 5.41) is 3.12. The van der Waals surface area contributed by atoms with Gasteiger partial charge in [0.1, 0.15) is 11.1 Å². The average Bonchev–Trinajstić information content (AvgIpc) is 2.84. The van der Waals surface area contributed by atoms with Crippen LogP contribution in [0.15, 0.2) is 29.6 Å². The molecule has 108 valence electrons. The third-order valence-electron chi connectivity index (χ3n) is 3.07. The molecule has 2 N–H and O–H groups in total. The smallest absolute Gasteiger partial charge is 0.123 e. The fraction of sp³-hybridized carbons (Fsp3) is 0.438. The molecule has 1 aromatic carbocycles. The molecule has 0 fully saturated rings. The van der Waals surface area contributed by atoms with E-state index in [9.17, 15) is 0 Å². The van der Waals surface area contributed by atoms with E-state index in [1.807, 2.05) is 31.2 Å². The molecule has 0 radical (unpaired) electrons. The van der Waals surface area contributed by atoms with Gasteiger partial charge in [-0.05, 0) is 24.5 Å². The standard InChI is InChI=1S/C16H22N2OS/c1-5-19-14(16(2,3)4)15-18-13(10-20-15)11-6-8-12(17)9-7-11/h6-10,14H,5,17H2,1-4H3. The van der Waals surface area contributed by atoms with Crippen molar-refractivity contribution < 1.29 is 4.74 Å². The molecule has 1 unspecified atom stereocenters. The molecule has 0 spiro atoms. The monoisotopic (exact) mass is 290 g/mol. The third-order valence-corrected chi connectivity index (χ3v) is 3.96. The average molecular weight is 290 g/mol. The Morgan fingerprint density at radius 1 is 1.25 bits per heavy atom. The summed E-state index contributed by atoms with van der Waals surface area (Å²) >= 11 is 1.66. The van der Waals surface area contributed by atoms with Crippen LogP contribution in [0.4, 0.5) is 5.69 Å². The molecular formula is C16H22N2OS. The predicted octanol–water partition coefficient (Wildman–Crippen LogP) is 4.52. The van der Waals surface area contributed by atoms with E-state index in [-0.39, 0.29) is 11.5 Å². The molecule has 20 heavy (non-hydrogen) atoms. The van der Waals surface area contributed by atoms with E-state index < -0.39 is 0 Å². The maximum absolute atomic E-state index is 5.89. The van der Waals surface area contributed by atoms with Gasteiger partial charge in [0, 0.05) is 23.2 Å². The topological polar surface area (TPSA) is 48.1 Å². The van der Waals surface area contributed by atoms with Crippen molar-refractivity contribution in [3.63, 3.8) is 0 Å². The Balaban J connectivity index is 2.29. The Kier molecular flexibility index (Phi) is 4.45. The van der Waals surface area contributed by atoms with Gasteiger partial charge in [0.2, 0.25) is 0 Å². The minimum Gasteiger partial charge on any atom is -0.399 e. The van der Waals surface area contributed by atoms with Crippen LogP contribution in [0.3, 0.4) is 0 Å². The maximum Gasteiger partial charge on any atom is 0.123 e. The SMILES string of the molecule is CCOC(c1nc(-c2ccc(N)cc2)cs1)C(C)(C)C. The van der Waals surface area contributed by atoms with Crippen LogP contribution in [0.25, 0.3) is 11.3 Å². The molecule has 1 aromatic heterocycles. The second-order valence-corrected chi connectivity index (χ2v) is 6.78. The first-order chi connectivity index (χ1) is 9.41. The van der Waals surface area contributed by atoms with Gasteiger partial charge in [-0.15, -0.1) is 11.3 Å². The highest BCUT2D eigenvalue weighted by Gasteiger charge is 2.29. The van der Waals surface area contributed by atoms with Crippen molar-refractivity contribution in [2.24, 2.45) is 5.41 Å². The Bertz CT molecular complexity index is 555. The number of benzene rings is 1. The second kappa shape index (κ2) is 5.94. The molecule has 1 heterocycles. The Labute approximate surface area is 124 Å². The molecular weight excluding hydrogens is 268 g/mol. The van der Waals surface area contributed by atoms with Crippen molar-refractivity contribution in [1.29, 1.82) is 0 Å². The van der Waals surface area contributed by atoms with Gasteiger partial charge in [-0.3, -0.25) is 0 Å². The first kappa shape index (κ1) is 15.0. The third kappa shape index (κ3) is 3.38. The van der Waals surface area contributed by atoms with Crippen molar-refractivity contribution in [3.05, 3.63) is 34.7 Å². The summed E-state index contributed by atoms with van der Waals surface area (Å²) in [5.74, 6) is 0. The van der Waals surface area contributed by atoms with Gasteiger partial charge in [0.15, 0.2) is 0 Å². The number of anilines is 1. The lowest BCUT2D eigenvalue weighted by Crippen LogP contribution is -2.21. The molecule has 2 rings (SSSR count). The van der Waals surface area contributed by atoms with Gasteiger partial charge < -0.3 is 10.5 Å². The van der Waals surface area contributed by atoms with Gasteiger partial charge in [-0.25, -0.2) is 4.98 Å². The van der Waals surface area contributed by atoms with E-state index in [1.54, 1.807) is 11.3 Å². The zero-order chi connectivity index (χ0) is 14.8. The number of nitrogens with two attached hydrogens (primary N) is 1. The number of thiazole rings is 1. The van der Waals surface area contributed by atoms with Crippen molar-refractivity contribution >= 4 is 17.0 Å². The summed E-state index contributed by atoms with van der Waals surface area (Å²) in [6.45, 7) is 9.25. The molecule has 1 atom stereocenters. The highest BCUT2D eigenvalue weighted by molar-refractivity contribution is 7.10. The summed E-state index contributed by atoms with van der Waals surface area (Å²) in [6, 6.07) is 7.80. The van der Waals surface area contributed by atoms with Crippen LogP contribution in [-0.2, 0) is 4.74 Å². The van der Waals surface area contributed by atoms with E-state index in [4.69, 9.17) is 15.5 Å². The van der Waals surface area contributed by atoms with E-state index in [0.717, 1.165) is 22.0 Å². The number of hydrogen-bond donors (Lipinski definition) is 1. The van der Waals surface area contributed by atoms with Crippen LogP contribution in [0.2, 0.25) is 0 Å². The van der Waals surface area contributed by atoms with Gasteiger partial charge in [0.05, 0.1) is 5.69 Å². The highest BCUT2D eigenvalue weighted by atomic mass is 32.1. The van der Waals surface area contributed by atoms with Crippen LogP contribution >= 0.6 is 11.3 Å². The maximum atomic E-state index is 5.89. The van der Waals surface area contributed by atoms with Crippen LogP contribution in [0.1, 0.15) is 38.8 Å². The summed E-state index contributed by atoms with van der Waals surface area (Å²) in [7, 11) is 0. The molecule has 0 aliphatic rings. The molecule has 0 saturated carbocycles. The van der Waals surface area contributed by atoms with Crippen LogP contribution < -0.4 is 5.73 Å². The Morgan fingerprint density at radius 3 is 2.45 bits per heavy atom. The summed E-state index contributed by atoms with van der Waals surface area (Å²) in [4.78, 5) is 4.75. The number of nitrogens with zero attached hydrogens (tertiary/aromatic N) is 1. The largest absolute Gasteiger partial charge is 0.399 e. The lowest BCUT2D eigenvalue weighted by molar-refractivity contribution is -0.0133. The summed E-state index contributed by atoms with van der Waals surface area (Å²) in [5.41, 5.74) is 8.59. The highest BCUT2D eigenvalue weighted by Crippen LogP contribution is 2.38. The molecule has 3 nitrogen and oxygen atoms in total. The molecule has 0 aliphatic carbocycles. The zero-order valence-electron chi connectivity index (χ0n) is 12.5. The van der Waals surface area contributed by atoms with Gasteiger partial charge in [0.25, 0.3) is 0 Å². The number of ether oxygens (including phenoxy) is 1. The number of nitrogen functional groups attached to an aromatic ring is 1. The number of aromatic nitrogens is 1. The summed E-state index contributed by atoms with van der Waals surface area (Å²) in [6.07, 6.45) is 0.0278. The minimum atomic E-state index is 0.0278. The van der Waals surface area contributed by atoms with Gasteiger partial charge in [-0.1, -0.05) is 32.9 Å². The molecule has 0 bridgehead atoms. The molecule has 4 heteroatoms. The van der Waals surface area contributed by atoms with E-state index in [0.29, 0.717) is 6.61 Å². The van der Waals surface area contributed by atoms with Crippen molar-refractivity contribution in [2.45, 2.75) is 33.8 Å². The quantitative estimate of drug-likeness (QED) is 0.842. The lowest BCUT2D eigenvalue weighted by Gasteiger charge is -2.28. The fourth-order valence-corrected chi connectivity index (χ4v) is 3.17. The number of rotatable bonds is 4. The van der Waals surface area contributed by atoms with E-state index in [1.165, 1.54) is 0 Å². The van der Waals surface area contributed by atoms with Crippen LogP contribution in [-0.4, -0.2) is 11.6 Å². The molecule has 0 saturated heterocycles. The Hall–Kier alpha value is -1.39. The van der Waals surface area contributed by atoms with E-state index in [2.05, 4.69) is 26.2 Å². The second-order valence-electron chi connectivity index (χ2n) is 5.89. The first-order valence-electron chi connectivity index (χ1n) is 6.84. The fourth-order valence-electron chi connectivity index (χ4n) is 2.05. The predicted molar refractivity (Wildman–Crippen MR) is 85.8 cm³/mol. The van der Waals surface area contributed by atoms with Crippen molar-refractivity contribution in [3.8, 4) is 11.3 Å². The van der Waals surface area contributed by atoms with Crippen LogP contribution in [0, 0.1) is 5.41 Å². The van der Waals surface area contributed by atoms with Crippen LogP contribution in [0.5, 0.6) is 0 Å². The van der Waals surface area contributed by atoms with Crippen molar-refractivity contribution in [1.82, 2.24) is 4.98 Å². The summed E-state index contributed by atoms with van der Waals surface area (Å²) < 4.78 is 5.89. The van der Waals surface area contributed by atoms with E-state index >= 15 is 0 Å². The molecule has 0 aliphatic heterocycles. The lowest BCUT2D eigenvalue weighted by atomic mass is 9.89. The molecule has 0 amide bonds. The number of hydrogen-bond acceptors (Lipinski definition) is 4. The van der Waals surface area contributed by atoms with Gasteiger partial charge >= 0.3 is 0 Å². The van der Waals surface area contributed by atoms with Gasteiger partial charge in [-0.2, -0.15) is 0 Å². The normalized spacial score (nSPS) is 13.4. The molecule has 2 aromatic rings. The Morgan fingerprint density at radius 2 is 1.90 bits per heavy atom. The first-order valence-corrected chi connectivity index (χ1v) is 7.72. The van der Waals surface area contributed by atoms with Crippen molar-refractivity contribution in [2.75, 3.05) is 12.3 Å². The zero-order valence-corrected chi connectivity index (χ0v) is 13.3. The minimum absolute atomic E-state index is 0.0278.